The number of halogens is 5. The molecular weight excluding hydrogens is 457 g/mol. The van der Waals surface area contributed by atoms with Crippen LogP contribution in [0.5, 0.6) is 5.75 Å². The first-order valence-electron chi connectivity index (χ1n) is 9.19. The van der Waals surface area contributed by atoms with Crippen LogP contribution < -0.4 is 9.46 Å². The summed E-state index contributed by atoms with van der Waals surface area (Å²) in [5.74, 6) is -0.368. The Labute approximate surface area is 180 Å². The summed E-state index contributed by atoms with van der Waals surface area (Å²) in [6.07, 6.45) is -4.10. The number of aryl methyl sites for hydroxylation is 1. The predicted octanol–water partition coefficient (Wildman–Crippen LogP) is 5.19. The first kappa shape index (κ1) is 23.7. The summed E-state index contributed by atoms with van der Waals surface area (Å²) in [5, 5.41) is 3.49. The van der Waals surface area contributed by atoms with Gasteiger partial charge in [-0.1, -0.05) is 42.5 Å². The van der Waals surface area contributed by atoms with Crippen molar-refractivity contribution in [2.45, 2.75) is 37.7 Å². The van der Waals surface area contributed by atoms with Gasteiger partial charge in [0.05, 0.1) is 11.9 Å². The van der Waals surface area contributed by atoms with Crippen molar-refractivity contribution in [2.24, 2.45) is 0 Å². The van der Waals surface area contributed by atoms with Crippen molar-refractivity contribution in [1.29, 1.82) is 0 Å². The van der Waals surface area contributed by atoms with E-state index in [1.165, 1.54) is 37.3 Å². The van der Waals surface area contributed by atoms with Crippen molar-refractivity contribution in [1.82, 2.24) is 14.5 Å². The Bertz CT molecular complexity index is 1190. The van der Waals surface area contributed by atoms with E-state index in [0.29, 0.717) is 11.1 Å². The van der Waals surface area contributed by atoms with Gasteiger partial charge in [-0.3, -0.25) is 0 Å². The Hall–Kier alpha value is -2.99. The number of benzene rings is 2. The van der Waals surface area contributed by atoms with Crippen LogP contribution >= 0.6 is 0 Å². The topological polar surface area (TPSA) is 73.2 Å². The van der Waals surface area contributed by atoms with Gasteiger partial charge in [0.2, 0.25) is 10.0 Å². The standard InChI is InChI=1S/C20H18F5N3O3S/c1-12(27-32(29,30)18-11-28(19(21)22)26-13(18)2)14-7-9-15(10-8-14)16-5-3-4-6-17(16)31-20(23,24)25/h3-12,19,27H,1-2H3/t12-/m1/s1. The summed E-state index contributed by atoms with van der Waals surface area (Å²) in [5.41, 5.74) is 1.06. The van der Waals surface area contributed by atoms with E-state index in [2.05, 4.69) is 14.6 Å². The van der Waals surface area contributed by atoms with Gasteiger partial charge in [0.25, 0.3) is 0 Å². The zero-order valence-electron chi connectivity index (χ0n) is 16.8. The molecule has 0 aliphatic rings. The van der Waals surface area contributed by atoms with Crippen LogP contribution in [0.1, 0.15) is 30.8 Å². The molecule has 3 aromatic rings. The Balaban J connectivity index is 1.81. The zero-order chi connectivity index (χ0) is 23.7. The smallest absolute Gasteiger partial charge is 0.405 e. The summed E-state index contributed by atoms with van der Waals surface area (Å²) in [4.78, 5) is -0.375. The van der Waals surface area contributed by atoms with Crippen molar-refractivity contribution >= 4 is 10.0 Å². The van der Waals surface area contributed by atoms with Gasteiger partial charge in [0.15, 0.2) is 0 Å². The minimum absolute atomic E-state index is 0.0818. The van der Waals surface area contributed by atoms with Crippen molar-refractivity contribution in [3.05, 3.63) is 66.0 Å². The number of nitrogens with zero attached hydrogens (tertiary/aromatic N) is 2. The minimum Gasteiger partial charge on any atom is -0.405 e. The summed E-state index contributed by atoms with van der Waals surface area (Å²) in [7, 11) is -4.15. The zero-order valence-corrected chi connectivity index (χ0v) is 17.6. The summed E-state index contributed by atoms with van der Waals surface area (Å²) < 4.78 is 95.4. The van der Waals surface area contributed by atoms with E-state index < -0.39 is 29.0 Å². The van der Waals surface area contributed by atoms with Gasteiger partial charge < -0.3 is 4.74 Å². The molecule has 1 N–H and O–H groups in total. The Morgan fingerprint density at radius 2 is 1.69 bits per heavy atom. The SMILES string of the molecule is Cc1nn(C(F)F)cc1S(=O)(=O)N[C@H](C)c1ccc(-c2ccccc2OC(F)(F)F)cc1. The van der Waals surface area contributed by atoms with Crippen LogP contribution in [-0.4, -0.2) is 24.6 Å². The number of ether oxygens (including phenoxy) is 1. The fourth-order valence-electron chi connectivity index (χ4n) is 3.06. The third-order valence-electron chi connectivity index (χ3n) is 4.53. The second-order valence-corrected chi connectivity index (χ2v) is 8.53. The van der Waals surface area contributed by atoms with Crippen LogP contribution in [0.15, 0.2) is 59.6 Å². The van der Waals surface area contributed by atoms with Gasteiger partial charge in [-0.15, -0.1) is 13.2 Å². The molecular formula is C20H18F5N3O3S. The molecule has 1 heterocycles. The molecule has 3 rings (SSSR count). The lowest BCUT2D eigenvalue weighted by atomic mass is 10.0. The van der Waals surface area contributed by atoms with Gasteiger partial charge in [0.1, 0.15) is 10.6 Å². The highest BCUT2D eigenvalue weighted by atomic mass is 32.2. The minimum atomic E-state index is -4.85. The van der Waals surface area contributed by atoms with E-state index in [1.807, 2.05) is 0 Å². The van der Waals surface area contributed by atoms with Gasteiger partial charge >= 0.3 is 12.9 Å². The molecule has 0 amide bonds. The molecule has 0 bridgehead atoms. The van der Waals surface area contributed by atoms with Gasteiger partial charge in [0, 0.05) is 11.6 Å². The highest BCUT2D eigenvalue weighted by molar-refractivity contribution is 7.89. The van der Waals surface area contributed by atoms with Crippen LogP contribution in [0, 0.1) is 6.92 Å². The van der Waals surface area contributed by atoms with E-state index in [4.69, 9.17) is 0 Å². The average Bonchev–Trinajstić information content (AvgIpc) is 3.10. The number of hydrogen-bond acceptors (Lipinski definition) is 4. The Morgan fingerprint density at radius 3 is 2.25 bits per heavy atom. The number of nitrogens with one attached hydrogen (secondary N) is 1. The molecule has 0 radical (unpaired) electrons. The normalized spacial score (nSPS) is 13.4. The number of hydrogen-bond donors (Lipinski definition) is 1. The van der Waals surface area contributed by atoms with Crippen molar-refractivity contribution < 1.29 is 35.1 Å². The van der Waals surface area contributed by atoms with E-state index in [1.54, 1.807) is 25.1 Å². The second-order valence-electron chi connectivity index (χ2n) is 6.85. The van der Waals surface area contributed by atoms with Gasteiger partial charge in [-0.25, -0.2) is 17.8 Å². The molecule has 0 fully saturated rings. The average molecular weight is 475 g/mol. The second kappa shape index (κ2) is 8.87. The van der Waals surface area contributed by atoms with Crippen molar-refractivity contribution in [2.75, 3.05) is 0 Å². The third kappa shape index (κ3) is 5.43. The molecule has 172 valence electrons. The highest BCUT2D eigenvalue weighted by Crippen LogP contribution is 2.34. The summed E-state index contributed by atoms with van der Waals surface area (Å²) >= 11 is 0. The largest absolute Gasteiger partial charge is 0.573 e. The lowest BCUT2D eigenvalue weighted by Gasteiger charge is -2.16. The van der Waals surface area contributed by atoms with E-state index >= 15 is 0 Å². The third-order valence-corrected chi connectivity index (χ3v) is 6.17. The van der Waals surface area contributed by atoms with Crippen LogP contribution in [0.2, 0.25) is 0 Å². The maximum atomic E-state index is 12.8. The molecule has 0 unspecified atom stereocenters. The van der Waals surface area contributed by atoms with Crippen LogP contribution in [0.25, 0.3) is 11.1 Å². The number of sulfonamides is 1. The molecule has 6 nitrogen and oxygen atoms in total. The first-order chi connectivity index (χ1) is 14.9. The molecule has 0 aliphatic heterocycles. The number of alkyl halides is 5. The molecule has 2 aromatic carbocycles. The first-order valence-corrected chi connectivity index (χ1v) is 10.7. The molecule has 0 saturated carbocycles. The summed E-state index contributed by atoms with van der Waals surface area (Å²) in [6, 6.07) is 11.0. The molecule has 32 heavy (non-hydrogen) atoms. The maximum Gasteiger partial charge on any atom is 0.573 e. The molecule has 0 saturated heterocycles. The number of aromatic nitrogens is 2. The Morgan fingerprint density at radius 1 is 1.06 bits per heavy atom. The predicted molar refractivity (Wildman–Crippen MR) is 106 cm³/mol. The summed E-state index contributed by atoms with van der Waals surface area (Å²) in [6.45, 7) is -0.139. The van der Waals surface area contributed by atoms with Gasteiger partial charge in [-0.05, 0) is 31.0 Å². The van der Waals surface area contributed by atoms with Crippen LogP contribution in [0.3, 0.4) is 0 Å². The molecule has 1 aromatic heterocycles. The van der Waals surface area contributed by atoms with E-state index in [0.717, 1.165) is 6.20 Å². The van der Waals surface area contributed by atoms with Crippen molar-refractivity contribution in [3.63, 3.8) is 0 Å². The number of rotatable bonds is 7. The van der Waals surface area contributed by atoms with Crippen molar-refractivity contribution in [3.8, 4) is 16.9 Å². The molecule has 12 heteroatoms. The quantitative estimate of drug-likeness (QED) is 0.478. The van der Waals surface area contributed by atoms with E-state index in [-0.39, 0.29) is 26.6 Å². The molecule has 0 aliphatic carbocycles. The van der Waals surface area contributed by atoms with Gasteiger partial charge in [-0.2, -0.15) is 13.9 Å². The lowest BCUT2D eigenvalue weighted by molar-refractivity contribution is -0.274. The fraction of sp³-hybridized carbons (Fsp3) is 0.250. The molecule has 0 spiro atoms. The van der Waals surface area contributed by atoms with Crippen LogP contribution in [-0.2, 0) is 10.0 Å². The molecule has 1 atom stereocenters. The Kier molecular flexibility index (Phi) is 6.56. The van der Waals surface area contributed by atoms with Crippen LogP contribution in [0.4, 0.5) is 22.0 Å². The lowest BCUT2D eigenvalue weighted by Crippen LogP contribution is -2.27. The van der Waals surface area contributed by atoms with E-state index in [9.17, 15) is 30.4 Å². The number of para-hydroxylation sites is 1. The fourth-order valence-corrected chi connectivity index (χ4v) is 4.47. The monoisotopic (exact) mass is 475 g/mol. The maximum absolute atomic E-state index is 12.8. The highest BCUT2D eigenvalue weighted by Gasteiger charge is 2.32.